The lowest BCUT2D eigenvalue weighted by molar-refractivity contribution is 0.512. The van der Waals surface area contributed by atoms with Gasteiger partial charge in [-0.2, -0.15) is 0 Å². The van der Waals surface area contributed by atoms with Gasteiger partial charge in [-0.3, -0.25) is 4.21 Å². The smallest absolute Gasteiger partial charge is 0.0560 e. The van der Waals surface area contributed by atoms with Gasteiger partial charge in [0.2, 0.25) is 0 Å². The Morgan fingerprint density at radius 1 is 1.20 bits per heavy atom. The second kappa shape index (κ2) is 5.42. The molecule has 0 aromatic heterocycles. The third-order valence-electron chi connectivity index (χ3n) is 2.58. The third-order valence-corrected chi connectivity index (χ3v) is 4.18. The van der Waals surface area contributed by atoms with Crippen LogP contribution in [0.1, 0.15) is 25.5 Å². The van der Waals surface area contributed by atoms with E-state index >= 15 is 0 Å². The van der Waals surface area contributed by atoms with E-state index < -0.39 is 10.8 Å². The standard InChI is InChI=1S/C12H19NOS/c1-9(2)12(15(3)14)11(13)10-7-5-4-6-8-10/h4-9,11-12H,13H2,1-3H3. The van der Waals surface area contributed by atoms with Gasteiger partial charge < -0.3 is 5.73 Å². The largest absolute Gasteiger partial charge is 0.323 e. The van der Waals surface area contributed by atoms with Crippen LogP contribution in [0.5, 0.6) is 0 Å². The molecule has 2 nitrogen and oxygen atoms in total. The fraction of sp³-hybridized carbons (Fsp3) is 0.500. The molecule has 0 aliphatic carbocycles. The van der Waals surface area contributed by atoms with Crippen molar-refractivity contribution in [3.05, 3.63) is 35.9 Å². The van der Waals surface area contributed by atoms with E-state index in [1.54, 1.807) is 6.26 Å². The first-order valence-electron chi connectivity index (χ1n) is 5.16. The van der Waals surface area contributed by atoms with Gasteiger partial charge in [-0.05, 0) is 11.5 Å². The summed E-state index contributed by atoms with van der Waals surface area (Å²) in [6.07, 6.45) is 1.73. The van der Waals surface area contributed by atoms with Crippen molar-refractivity contribution in [3.63, 3.8) is 0 Å². The monoisotopic (exact) mass is 225 g/mol. The molecule has 0 bridgehead atoms. The predicted octanol–water partition coefficient (Wildman–Crippen LogP) is 2.09. The Bertz CT molecular complexity index is 324. The average molecular weight is 225 g/mol. The molecule has 0 heterocycles. The van der Waals surface area contributed by atoms with E-state index in [1.807, 2.05) is 30.3 Å². The van der Waals surface area contributed by atoms with Crippen LogP contribution in [0.3, 0.4) is 0 Å². The van der Waals surface area contributed by atoms with Gasteiger partial charge in [-0.25, -0.2) is 0 Å². The maximum atomic E-state index is 11.6. The van der Waals surface area contributed by atoms with Crippen LogP contribution in [0.2, 0.25) is 0 Å². The Morgan fingerprint density at radius 3 is 2.13 bits per heavy atom. The normalized spacial score (nSPS) is 17.4. The number of hydrogen-bond acceptors (Lipinski definition) is 2. The summed E-state index contributed by atoms with van der Waals surface area (Å²) in [4.78, 5) is 0. The minimum Gasteiger partial charge on any atom is -0.323 e. The summed E-state index contributed by atoms with van der Waals surface area (Å²) in [6.45, 7) is 4.13. The molecule has 2 N–H and O–H groups in total. The minimum atomic E-state index is -0.889. The van der Waals surface area contributed by atoms with E-state index in [9.17, 15) is 4.21 Å². The molecule has 3 atom stereocenters. The first-order valence-corrected chi connectivity index (χ1v) is 6.79. The van der Waals surface area contributed by atoms with Crippen LogP contribution in [-0.2, 0) is 10.8 Å². The summed E-state index contributed by atoms with van der Waals surface area (Å²) in [5.74, 6) is 0.325. The summed E-state index contributed by atoms with van der Waals surface area (Å²) in [5, 5.41) is 0.0207. The predicted molar refractivity (Wildman–Crippen MR) is 66.1 cm³/mol. The van der Waals surface area contributed by atoms with Crippen molar-refractivity contribution in [2.24, 2.45) is 11.7 Å². The molecule has 0 saturated carbocycles. The van der Waals surface area contributed by atoms with Crippen LogP contribution in [0.15, 0.2) is 30.3 Å². The Kier molecular flexibility index (Phi) is 4.48. The molecule has 3 heteroatoms. The molecule has 0 saturated heterocycles. The molecule has 3 unspecified atom stereocenters. The Morgan fingerprint density at radius 2 is 1.73 bits per heavy atom. The first kappa shape index (κ1) is 12.4. The van der Waals surface area contributed by atoms with E-state index in [4.69, 9.17) is 5.73 Å². The second-order valence-electron chi connectivity index (χ2n) is 4.14. The third kappa shape index (κ3) is 3.14. The number of hydrogen-bond donors (Lipinski definition) is 1. The summed E-state index contributed by atoms with van der Waals surface area (Å²) >= 11 is 0. The van der Waals surface area contributed by atoms with Crippen molar-refractivity contribution in [1.82, 2.24) is 0 Å². The Balaban J connectivity index is 2.91. The highest BCUT2D eigenvalue weighted by Crippen LogP contribution is 2.23. The van der Waals surface area contributed by atoms with Gasteiger partial charge in [0, 0.05) is 23.1 Å². The molecule has 0 aliphatic heterocycles. The molecule has 0 spiro atoms. The molecular weight excluding hydrogens is 206 g/mol. The second-order valence-corrected chi connectivity index (χ2v) is 5.69. The number of nitrogens with two attached hydrogens (primary N) is 1. The van der Waals surface area contributed by atoms with Gasteiger partial charge >= 0.3 is 0 Å². The van der Waals surface area contributed by atoms with E-state index in [0.29, 0.717) is 5.92 Å². The first-order chi connectivity index (χ1) is 7.04. The van der Waals surface area contributed by atoms with E-state index in [-0.39, 0.29) is 11.3 Å². The van der Waals surface area contributed by atoms with Crippen LogP contribution < -0.4 is 5.73 Å². The maximum Gasteiger partial charge on any atom is 0.0560 e. The summed E-state index contributed by atoms with van der Waals surface area (Å²) in [6, 6.07) is 9.73. The molecule has 84 valence electrons. The van der Waals surface area contributed by atoms with Crippen molar-refractivity contribution in [1.29, 1.82) is 0 Å². The van der Waals surface area contributed by atoms with Crippen molar-refractivity contribution < 1.29 is 4.21 Å². The lowest BCUT2D eigenvalue weighted by atomic mass is 9.97. The zero-order valence-electron chi connectivity index (χ0n) is 9.51. The summed E-state index contributed by atoms with van der Waals surface area (Å²) in [7, 11) is -0.889. The Hall–Kier alpha value is -0.670. The number of benzene rings is 1. The van der Waals surface area contributed by atoms with Gasteiger partial charge in [0.1, 0.15) is 0 Å². The molecule has 0 amide bonds. The number of rotatable bonds is 4. The quantitative estimate of drug-likeness (QED) is 0.852. The highest BCUT2D eigenvalue weighted by Gasteiger charge is 2.25. The topological polar surface area (TPSA) is 43.1 Å². The van der Waals surface area contributed by atoms with Crippen molar-refractivity contribution in [2.45, 2.75) is 25.1 Å². The van der Waals surface area contributed by atoms with Crippen molar-refractivity contribution >= 4 is 10.8 Å². The fourth-order valence-corrected chi connectivity index (χ4v) is 3.21. The average Bonchev–Trinajstić information content (AvgIpc) is 2.18. The van der Waals surface area contributed by atoms with E-state index in [0.717, 1.165) is 5.56 Å². The van der Waals surface area contributed by atoms with Crippen LogP contribution in [0.4, 0.5) is 0 Å². The Labute approximate surface area is 94.3 Å². The van der Waals surface area contributed by atoms with Crippen molar-refractivity contribution in [2.75, 3.05) is 6.26 Å². The molecule has 0 fully saturated rings. The summed E-state index contributed by atoms with van der Waals surface area (Å²) in [5.41, 5.74) is 7.21. The van der Waals surface area contributed by atoms with E-state index in [2.05, 4.69) is 13.8 Å². The molecule has 15 heavy (non-hydrogen) atoms. The zero-order valence-corrected chi connectivity index (χ0v) is 10.3. The lowest BCUT2D eigenvalue weighted by Crippen LogP contribution is -2.34. The molecule has 1 aromatic carbocycles. The molecular formula is C12H19NOS. The maximum absolute atomic E-state index is 11.6. The van der Waals surface area contributed by atoms with Crippen LogP contribution in [-0.4, -0.2) is 15.7 Å². The summed E-state index contributed by atoms with van der Waals surface area (Å²) < 4.78 is 11.6. The zero-order chi connectivity index (χ0) is 11.4. The fourth-order valence-electron chi connectivity index (χ4n) is 1.87. The van der Waals surface area contributed by atoms with Crippen LogP contribution >= 0.6 is 0 Å². The van der Waals surface area contributed by atoms with Crippen LogP contribution in [0, 0.1) is 5.92 Å². The van der Waals surface area contributed by atoms with Gasteiger partial charge in [0.25, 0.3) is 0 Å². The highest BCUT2D eigenvalue weighted by atomic mass is 32.2. The van der Waals surface area contributed by atoms with Gasteiger partial charge in [0.15, 0.2) is 0 Å². The lowest BCUT2D eigenvalue weighted by Gasteiger charge is -2.25. The molecule has 0 radical (unpaired) electrons. The minimum absolute atomic E-state index is 0.0207. The van der Waals surface area contributed by atoms with Crippen molar-refractivity contribution in [3.8, 4) is 0 Å². The molecule has 0 aliphatic rings. The highest BCUT2D eigenvalue weighted by molar-refractivity contribution is 7.85. The van der Waals surface area contributed by atoms with Gasteiger partial charge in [-0.15, -0.1) is 0 Å². The van der Waals surface area contributed by atoms with Crippen LogP contribution in [0.25, 0.3) is 0 Å². The van der Waals surface area contributed by atoms with E-state index in [1.165, 1.54) is 0 Å². The molecule has 1 rings (SSSR count). The van der Waals surface area contributed by atoms with Gasteiger partial charge in [0.05, 0.1) is 5.25 Å². The van der Waals surface area contributed by atoms with Gasteiger partial charge in [-0.1, -0.05) is 44.2 Å². The molecule has 1 aromatic rings. The SMILES string of the molecule is CC(C)C(C(N)c1ccccc1)S(C)=O.